The van der Waals surface area contributed by atoms with Crippen molar-refractivity contribution >= 4 is 6.09 Å². The van der Waals surface area contributed by atoms with Crippen LogP contribution in [0.25, 0.3) is 0 Å². The lowest BCUT2D eigenvalue weighted by Gasteiger charge is -2.52. The molecule has 0 atom stereocenters. The minimum absolute atomic E-state index is 0.0347. The Morgan fingerprint density at radius 1 is 1.32 bits per heavy atom. The first kappa shape index (κ1) is 17.9. The Kier molecular flexibility index (Phi) is 4.60. The first-order chi connectivity index (χ1) is 11.7. The summed E-state index contributed by atoms with van der Waals surface area (Å²) < 4.78 is 45.0. The Morgan fingerprint density at radius 2 is 1.96 bits per heavy atom. The minimum Gasteiger partial charge on any atom is -0.493 e. The fraction of sp³-hybridized carbons (Fsp3) is 0.611. The Labute approximate surface area is 144 Å². The normalized spacial score (nSPS) is 20.4. The second kappa shape index (κ2) is 6.42. The maximum Gasteiger partial charge on any atom is 0.419 e. The summed E-state index contributed by atoms with van der Waals surface area (Å²) in [5.41, 5.74) is 0.0142. The molecule has 1 heterocycles. The van der Waals surface area contributed by atoms with Crippen LogP contribution in [0.5, 0.6) is 5.75 Å². The van der Waals surface area contributed by atoms with Gasteiger partial charge in [-0.25, -0.2) is 4.79 Å². The molecule has 0 aromatic heterocycles. The van der Waals surface area contributed by atoms with E-state index in [2.05, 4.69) is 0 Å². The van der Waals surface area contributed by atoms with Crippen molar-refractivity contribution in [1.29, 1.82) is 0 Å². The molecule has 3 rings (SSSR count). The summed E-state index contributed by atoms with van der Waals surface area (Å²) in [7, 11) is 0. The van der Waals surface area contributed by atoms with Crippen molar-refractivity contribution in [1.82, 2.24) is 4.90 Å². The molecule has 0 unspecified atom stereocenters. The molecule has 1 aliphatic heterocycles. The van der Waals surface area contributed by atoms with Gasteiger partial charge in [0, 0.05) is 18.5 Å². The van der Waals surface area contributed by atoms with Gasteiger partial charge in [0.1, 0.15) is 5.75 Å². The second-order valence-corrected chi connectivity index (χ2v) is 7.10. The Balaban J connectivity index is 1.70. The van der Waals surface area contributed by atoms with Crippen molar-refractivity contribution in [2.24, 2.45) is 5.41 Å². The standard InChI is InChI=1S/C18H22F3NO3/c1-2-25-15-4-3-13(9-14(15)18(19,20)21)12-5-7-17(8-6-12)10-22(11-17)16(23)24/h3-4,9,12H,2,5-8,10-11H2,1H3,(H,23,24). The van der Waals surface area contributed by atoms with Crippen LogP contribution in [0, 0.1) is 5.41 Å². The molecule has 1 N–H and O–H groups in total. The maximum atomic E-state index is 13.3. The number of rotatable bonds is 3. The van der Waals surface area contributed by atoms with Crippen LogP contribution in [0.15, 0.2) is 18.2 Å². The quantitative estimate of drug-likeness (QED) is 0.850. The van der Waals surface area contributed by atoms with Gasteiger partial charge in [0.05, 0.1) is 12.2 Å². The van der Waals surface area contributed by atoms with E-state index in [1.807, 2.05) is 0 Å². The van der Waals surface area contributed by atoms with E-state index >= 15 is 0 Å². The largest absolute Gasteiger partial charge is 0.493 e. The third-order valence-electron chi connectivity index (χ3n) is 5.45. The molecule has 2 aliphatic rings. The molecule has 7 heteroatoms. The van der Waals surface area contributed by atoms with Crippen LogP contribution in [0.2, 0.25) is 0 Å². The first-order valence-electron chi connectivity index (χ1n) is 8.56. The van der Waals surface area contributed by atoms with Crippen molar-refractivity contribution in [2.75, 3.05) is 19.7 Å². The summed E-state index contributed by atoms with van der Waals surface area (Å²) in [6, 6.07) is 4.37. The molecule has 0 bridgehead atoms. The minimum atomic E-state index is -4.44. The van der Waals surface area contributed by atoms with Gasteiger partial charge in [-0.3, -0.25) is 0 Å². The molecule has 1 amide bonds. The summed E-state index contributed by atoms with van der Waals surface area (Å²) in [6.45, 7) is 2.94. The van der Waals surface area contributed by atoms with E-state index in [0.29, 0.717) is 18.7 Å². The van der Waals surface area contributed by atoms with Crippen LogP contribution in [-0.2, 0) is 6.18 Å². The Hall–Kier alpha value is -1.92. The molecule has 25 heavy (non-hydrogen) atoms. The van der Waals surface area contributed by atoms with Crippen molar-refractivity contribution in [2.45, 2.75) is 44.7 Å². The maximum absolute atomic E-state index is 13.3. The topological polar surface area (TPSA) is 49.8 Å². The average Bonchev–Trinajstić information content (AvgIpc) is 2.52. The lowest BCUT2D eigenvalue weighted by Crippen LogP contribution is -2.59. The molecule has 1 aliphatic carbocycles. The summed E-state index contributed by atoms with van der Waals surface area (Å²) in [6.07, 6.45) is -2.04. The SMILES string of the molecule is CCOc1ccc(C2CCC3(CC2)CN(C(=O)O)C3)cc1C(F)(F)F. The van der Waals surface area contributed by atoms with Gasteiger partial charge in [0.2, 0.25) is 0 Å². The number of carboxylic acid groups (broad SMARTS) is 1. The van der Waals surface area contributed by atoms with Crippen molar-refractivity contribution in [3.8, 4) is 5.75 Å². The molecule has 1 aromatic carbocycles. The van der Waals surface area contributed by atoms with E-state index in [-0.39, 0.29) is 23.7 Å². The zero-order valence-electron chi connectivity index (χ0n) is 14.1. The monoisotopic (exact) mass is 357 g/mol. The van der Waals surface area contributed by atoms with Gasteiger partial charge in [-0.15, -0.1) is 0 Å². The van der Waals surface area contributed by atoms with Crippen molar-refractivity contribution < 1.29 is 27.8 Å². The number of benzene rings is 1. The van der Waals surface area contributed by atoms with Crippen molar-refractivity contribution in [3.05, 3.63) is 29.3 Å². The van der Waals surface area contributed by atoms with Gasteiger partial charge < -0.3 is 14.7 Å². The molecule has 0 radical (unpaired) electrons. The van der Waals surface area contributed by atoms with Crippen LogP contribution in [0.4, 0.5) is 18.0 Å². The average molecular weight is 357 g/mol. The number of hydrogen-bond acceptors (Lipinski definition) is 2. The van der Waals surface area contributed by atoms with Crippen LogP contribution in [0.3, 0.4) is 0 Å². The molecule has 1 saturated heterocycles. The molecular formula is C18H22F3NO3. The third kappa shape index (κ3) is 3.55. The van der Waals surface area contributed by atoms with E-state index in [4.69, 9.17) is 9.84 Å². The zero-order chi connectivity index (χ0) is 18.2. The lowest BCUT2D eigenvalue weighted by atomic mass is 9.65. The van der Waals surface area contributed by atoms with E-state index in [1.165, 1.54) is 17.0 Å². The predicted molar refractivity (Wildman–Crippen MR) is 85.9 cm³/mol. The third-order valence-corrected chi connectivity index (χ3v) is 5.45. The number of halogens is 3. The van der Waals surface area contributed by atoms with E-state index in [0.717, 1.165) is 25.7 Å². The van der Waals surface area contributed by atoms with Crippen LogP contribution in [-0.4, -0.2) is 35.8 Å². The van der Waals surface area contributed by atoms with Gasteiger partial charge in [0.25, 0.3) is 0 Å². The number of amides is 1. The molecule has 4 nitrogen and oxygen atoms in total. The van der Waals surface area contributed by atoms with Gasteiger partial charge in [-0.2, -0.15) is 13.2 Å². The van der Waals surface area contributed by atoms with Crippen LogP contribution >= 0.6 is 0 Å². The first-order valence-corrected chi connectivity index (χ1v) is 8.56. The molecule has 138 valence electrons. The Bertz CT molecular complexity index is 643. The van der Waals surface area contributed by atoms with E-state index in [1.54, 1.807) is 13.0 Å². The highest BCUT2D eigenvalue weighted by atomic mass is 19.4. The van der Waals surface area contributed by atoms with Gasteiger partial charge in [-0.05, 0) is 56.2 Å². The molecule has 1 aromatic rings. The highest BCUT2D eigenvalue weighted by Crippen LogP contribution is 2.49. The van der Waals surface area contributed by atoms with Gasteiger partial charge in [-0.1, -0.05) is 6.07 Å². The van der Waals surface area contributed by atoms with E-state index in [9.17, 15) is 18.0 Å². The molecular weight excluding hydrogens is 335 g/mol. The van der Waals surface area contributed by atoms with Crippen LogP contribution < -0.4 is 4.74 Å². The predicted octanol–water partition coefficient (Wildman–Crippen LogP) is 4.74. The molecule has 1 saturated carbocycles. The fourth-order valence-electron chi connectivity index (χ4n) is 4.08. The summed E-state index contributed by atoms with van der Waals surface area (Å²) >= 11 is 0. The summed E-state index contributed by atoms with van der Waals surface area (Å²) in [4.78, 5) is 12.3. The van der Waals surface area contributed by atoms with Crippen molar-refractivity contribution in [3.63, 3.8) is 0 Å². The van der Waals surface area contributed by atoms with Crippen LogP contribution in [0.1, 0.15) is 49.7 Å². The number of likely N-dealkylation sites (tertiary alicyclic amines) is 1. The number of ether oxygens (including phenoxy) is 1. The number of alkyl halides is 3. The van der Waals surface area contributed by atoms with Gasteiger partial charge in [0.15, 0.2) is 0 Å². The van der Waals surface area contributed by atoms with Gasteiger partial charge >= 0.3 is 12.3 Å². The number of carbonyl (C=O) groups is 1. The highest BCUT2D eigenvalue weighted by Gasteiger charge is 2.47. The highest BCUT2D eigenvalue weighted by molar-refractivity contribution is 5.66. The number of hydrogen-bond donors (Lipinski definition) is 1. The zero-order valence-corrected chi connectivity index (χ0v) is 14.1. The summed E-state index contributed by atoms with van der Waals surface area (Å²) in [5.74, 6) is -0.0385. The molecule has 2 fully saturated rings. The van der Waals surface area contributed by atoms with E-state index < -0.39 is 17.8 Å². The lowest BCUT2D eigenvalue weighted by molar-refractivity contribution is -0.139. The second-order valence-electron chi connectivity index (χ2n) is 7.10. The Morgan fingerprint density at radius 3 is 2.48 bits per heavy atom. The fourth-order valence-corrected chi connectivity index (χ4v) is 4.08. The summed E-state index contributed by atoms with van der Waals surface area (Å²) in [5, 5.41) is 8.96. The smallest absolute Gasteiger partial charge is 0.419 e. The molecule has 1 spiro atoms. The number of nitrogens with zero attached hydrogens (tertiary/aromatic N) is 1.